The van der Waals surface area contributed by atoms with Crippen LogP contribution in [0.25, 0.3) is 0 Å². The number of fused-ring (bicyclic) bond motifs is 1. The summed E-state index contributed by atoms with van der Waals surface area (Å²) in [5, 5.41) is 5.90. The van der Waals surface area contributed by atoms with E-state index in [1.165, 1.54) is 0 Å². The van der Waals surface area contributed by atoms with E-state index in [0.29, 0.717) is 50.6 Å². The maximum Gasteiger partial charge on any atom is 0.321 e. The number of aryl methyl sites for hydroxylation is 1. The highest BCUT2D eigenvalue weighted by Crippen LogP contribution is 2.39. The molecule has 2 N–H and O–H groups in total. The smallest absolute Gasteiger partial charge is 0.321 e. The molecule has 10 heteroatoms. The second-order valence-corrected chi connectivity index (χ2v) is 10.7. The monoisotopic (exact) mass is 555 g/mol. The van der Waals surface area contributed by atoms with E-state index in [1.807, 2.05) is 79.7 Å². The van der Waals surface area contributed by atoms with Crippen LogP contribution in [0.5, 0.6) is 11.5 Å². The van der Waals surface area contributed by atoms with Crippen LogP contribution in [0, 0.1) is 6.92 Å². The molecule has 3 aromatic rings. The molecular formula is C31H33N5O5. The number of carbonyl (C=O) groups is 3. The van der Waals surface area contributed by atoms with Crippen molar-refractivity contribution in [3.63, 3.8) is 0 Å². The first-order valence-corrected chi connectivity index (χ1v) is 13.8. The third-order valence-electron chi connectivity index (χ3n) is 7.99. The summed E-state index contributed by atoms with van der Waals surface area (Å²) < 4.78 is 10.8. The summed E-state index contributed by atoms with van der Waals surface area (Å²) in [4.78, 5) is 45.4. The summed E-state index contributed by atoms with van der Waals surface area (Å²) in [6, 6.07) is 22.8. The third-order valence-corrected chi connectivity index (χ3v) is 7.99. The fourth-order valence-corrected chi connectivity index (χ4v) is 5.81. The van der Waals surface area contributed by atoms with E-state index in [2.05, 4.69) is 15.5 Å². The Hall–Kier alpha value is -4.73. The highest BCUT2D eigenvalue weighted by molar-refractivity contribution is 5.97. The molecule has 10 nitrogen and oxygen atoms in total. The van der Waals surface area contributed by atoms with Crippen molar-refractivity contribution in [3.05, 3.63) is 83.9 Å². The van der Waals surface area contributed by atoms with Crippen molar-refractivity contribution in [1.29, 1.82) is 0 Å². The molecule has 0 aromatic heterocycles. The van der Waals surface area contributed by atoms with Crippen molar-refractivity contribution in [2.45, 2.75) is 31.8 Å². The van der Waals surface area contributed by atoms with Gasteiger partial charge in [0, 0.05) is 31.0 Å². The van der Waals surface area contributed by atoms with Gasteiger partial charge in [-0.3, -0.25) is 9.59 Å². The largest absolute Gasteiger partial charge is 0.454 e. The first-order chi connectivity index (χ1) is 19.9. The topological polar surface area (TPSA) is 103 Å². The van der Waals surface area contributed by atoms with E-state index in [0.717, 1.165) is 22.5 Å². The number of anilines is 2. The normalized spacial score (nSPS) is 17.2. The van der Waals surface area contributed by atoms with Crippen molar-refractivity contribution in [2.24, 2.45) is 0 Å². The number of likely N-dealkylation sites (tertiary alicyclic amines) is 1. The number of rotatable bonds is 6. The molecule has 41 heavy (non-hydrogen) atoms. The lowest BCUT2D eigenvalue weighted by Gasteiger charge is -2.43. The fourth-order valence-electron chi connectivity index (χ4n) is 5.81. The number of piperidine rings is 1. The fraction of sp³-hybridized carbons (Fsp3) is 0.323. The van der Waals surface area contributed by atoms with E-state index >= 15 is 0 Å². The van der Waals surface area contributed by atoms with Crippen molar-refractivity contribution >= 4 is 29.2 Å². The van der Waals surface area contributed by atoms with Gasteiger partial charge in [0.15, 0.2) is 11.5 Å². The van der Waals surface area contributed by atoms with Gasteiger partial charge in [0.25, 0.3) is 5.91 Å². The minimum atomic E-state index is -0.820. The van der Waals surface area contributed by atoms with Crippen LogP contribution >= 0.6 is 0 Å². The maximum atomic E-state index is 14.0. The zero-order valence-corrected chi connectivity index (χ0v) is 23.0. The summed E-state index contributed by atoms with van der Waals surface area (Å²) in [6.07, 6.45) is 0.939. The number of para-hydroxylation sites is 1. The number of nitrogens with one attached hydrogen (secondary N) is 2. The molecule has 2 saturated heterocycles. The van der Waals surface area contributed by atoms with Crippen LogP contribution in [0.15, 0.2) is 72.8 Å². The Morgan fingerprint density at radius 2 is 1.71 bits per heavy atom. The van der Waals surface area contributed by atoms with Crippen molar-refractivity contribution in [3.8, 4) is 11.5 Å². The van der Waals surface area contributed by atoms with E-state index < -0.39 is 5.54 Å². The molecule has 6 rings (SSSR count). The lowest BCUT2D eigenvalue weighted by molar-refractivity contribution is -0.137. The molecule has 212 valence electrons. The van der Waals surface area contributed by atoms with Crippen LogP contribution in [-0.2, 0) is 16.1 Å². The zero-order valence-electron chi connectivity index (χ0n) is 23.0. The number of carbonyl (C=O) groups excluding carboxylic acids is 3. The van der Waals surface area contributed by atoms with Crippen LogP contribution in [-0.4, -0.2) is 66.3 Å². The molecule has 3 aliphatic rings. The van der Waals surface area contributed by atoms with Gasteiger partial charge in [-0.2, -0.15) is 0 Å². The van der Waals surface area contributed by atoms with Crippen LogP contribution in [0.2, 0.25) is 0 Å². The lowest BCUT2D eigenvalue weighted by atomic mass is 9.85. The zero-order chi connectivity index (χ0) is 28.4. The van der Waals surface area contributed by atoms with E-state index in [-0.39, 0.29) is 31.2 Å². The third kappa shape index (κ3) is 5.37. The Morgan fingerprint density at radius 1 is 0.927 bits per heavy atom. The van der Waals surface area contributed by atoms with Crippen LogP contribution in [0.4, 0.5) is 16.2 Å². The SMILES string of the molecule is Cc1cccc(NC(=O)N2CCC3(CC2)C(=O)N(CC(=O)NCc2ccc4c(c2)OCO4)CN3c2ccccc2)c1. The van der Waals surface area contributed by atoms with Gasteiger partial charge in [0.1, 0.15) is 12.1 Å². The van der Waals surface area contributed by atoms with Gasteiger partial charge < -0.3 is 34.8 Å². The van der Waals surface area contributed by atoms with Crippen molar-refractivity contribution in [1.82, 2.24) is 15.1 Å². The number of hydrogen-bond acceptors (Lipinski definition) is 6. The standard InChI is InChI=1S/C31H33N5O5/c1-22-6-5-7-24(16-22)33-30(39)34-14-12-31(13-15-34)29(38)35(20-36(31)25-8-3-2-4-9-25)19-28(37)32-18-23-10-11-26-27(17-23)41-21-40-26/h2-11,16-17H,12-15,18-21H2,1H3,(H,32,37)(H,33,39). The Labute approximate surface area is 238 Å². The lowest BCUT2D eigenvalue weighted by Crippen LogP contribution is -2.58. The van der Waals surface area contributed by atoms with E-state index in [1.54, 1.807) is 9.80 Å². The Bertz CT molecular complexity index is 1450. The van der Waals surface area contributed by atoms with Gasteiger partial charge in [-0.15, -0.1) is 0 Å². The van der Waals surface area contributed by atoms with Crippen LogP contribution < -0.4 is 25.0 Å². The molecule has 3 heterocycles. The molecule has 0 saturated carbocycles. The Kier molecular flexibility index (Phi) is 7.13. The molecule has 0 radical (unpaired) electrons. The average molecular weight is 556 g/mol. The maximum absolute atomic E-state index is 14.0. The van der Waals surface area contributed by atoms with Gasteiger partial charge in [-0.1, -0.05) is 36.4 Å². The number of amides is 4. The predicted molar refractivity (Wildman–Crippen MR) is 154 cm³/mol. The van der Waals surface area contributed by atoms with Gasteiger partial charge in [0.2, 0.25) is 12.7 Å². The van der Waals surface area contributed by atoms with Gasteiger partial charge in [-0.25, -0.2) is 4.79 Å². The summed E-state index contributed by atoms with van der Waals surface area (Å²) in [7, 11) is 0. The number of urea groups is 1. The first-order valence-electron chi connectivity index (χ1n) is 13.8. The molecule has 0 aliphatic carbocycles. The van der Waals surface area contributed by atoms with Crippen molar-refractivity contribution in [2.75, 3.05) is 43.3 Å². The highest BCUT2D eigenvalue weighted by Gasteiger charge is 2.54. The molecule has 2 fully saturated rings. The Morgan fingerprint density at radius 3 is 2.49 bits per heavy atom. The summed E-state index contributed by atoms with van der Waals surface area (Å²) in [5.74, 6) is 1.02. The molecule has 0 atom stereocenters. The minimum absolute atomic E-state index is 0.0496. The molecule has 4 amide bonds. The first kappa shape index (κ1) is 26.5. The number of benzene rings is 3. The summed E-state index contributed by atoms with van der Waals surface area (Å²) in [5.41, 5.74) is 2.79. The summed E-state index contributed by atoms with van der Waals surface area (Å²) >= 11 is 0. The molecule has 3 aromatic carbocycles. The summed E-state index contributed by atoms with van der Waals surface area (Å²) in [6.45, 7) is 3.59. The molecular weight excluding hydrogens is 522 g/mol. The molecule has 1 spiro atoms. The molecule has 3 aliphatic heterocycles. The molecule has 0 bridgehead atoms. The number of hydrogen-bond donors (Lipinski definition) is 2. The van der Waals surface area contributed by atoms with Gasteiger partial charge in [0.05, 0.1) is 6.67 Å². The van der Waals surface area contributed by atoms with Gasteiger partial charge >= 0.3 is 6.03 Å². The molecule has 0 unspecified atom stereocenters. The number of ether oxygens (including phenoxy) is 2. The second kappa shape index (κ2) is 11.0. The Balaban J connectivity index is 1.12. The minimum Gasteiger partial charge on any atom is -0.454 e. The second-order valence-electron chi connectivity index (χ2n) is 10.7. The van der Waals surface area contributed by atoms with E-state index in [9.17, 15) is 14.4 Å². The highest BCUT2D eigenvalue weighted by atomic mass is 16.7. The average Bonchev–Trinajstić information content (AvgIpc) is 3.55. The van der Waals surface area contributed by atoms with Gasteiger partial charge in [-0.05, 0) is 67.3 Å². The number of nitrogens with zero attached hydrogens (tertiary/aromatic N) is 3. The van der Waals surface area contributed by atoms with Crippen LogP contribution in [0.3, 0.4) is 0 Å². The van der Waals surface area contributed by atoms with E-state index in [4.69, 9.17) is 9.47 Å². The predicted octanol–water partition coefficient (Wildman–Crippen LogP) is 3.71. The quantitative estimate of drug-likeness (QED) is 0.481. The van der Waals surface area contributed by atoms with Crippen molar-refractivity contribution < 1.29 is 23.9 Å². The van der Waals surface area contributed by atoms with Crippen LogP contribution in [0.1, 0.15) is 24.0 Å².